The van der Waals surface area contributed by atoms with Gasteiger partial charge in [0.2, 0.25) is 0 Å². The van der Waals surface area contributed by atoms with Crippen LogP contribution in [0.1, 0.15) is 38.3 Å². The van der Waals surface area contributed by atoms with Crippen molar-refractivity contribution in [2.24, 2.45) is 0 Å². The minimum Gasteiger partial charge on any atom is -0.497 e. The van der Waals surface area contributed by atoms with Crippen LogP contribution in [0.5, 0.6) is 5.75 Å². The zero-order chi connectivity index (χ0) is 25.8. The Morgan fingerprint density at radius 1 is 1.09 bits per heavy atom. The maximum Gasteiger partial charge on any atom is 0.418 e. The van der Waals surface area contributed by atoms with Crippen molar-refractivity contribution in [3.8, 4) is 5.75 Å². The number of aromatic nitrogens is 3. The van der Waals surface area contributed by atoms with Crippen molar-refractivity contribution in [3.05, 3.63) is 58.1 Å². The number of methoxy groups -OCH3 is 1. The van der Waals surface area contributed by atoms with Crippen molar-refractivity contribution in [3.63, 3.8) is 0 Å². The smallest absolute Gasteiger partial charge is 0.418 e. The van der Waals surface area contributed by atoms with Crippen LogP contribution in [0.3, 0.4) is 0 Å². The van der Waals surface area contributed by atoms with Gasteiger partial charge in [-0.15, -0.1) is 0 Å². The van der Waals surface area contributed by atoms with E-state index in [-0.39, 0.29) is 38.2 Å². The monoisotopic (exact) mass is 495 g/mol. The summed E-state index contributed by atoms with van der Waals surface area (Å²) in [6.07, 6.45) is -2.56. The molecular weight excluding hydrogens is 467 g/mol. The average Bonchev–Trinajstić information content (AvgIpc) is 3.14. The molecule has 0 aliphatic carbocycles. The molecule has 0 saturated heterocycles. The predicted molar refractivity (Wildman–Crippen MR) is 122 cm³/mol. The van der Waals surface area contributed by atoms with Crippen LogP contribution in [0.15, 0.2) is 41.5 Å². The van der Waals surface area contributed by atoms with Gasteiger partial charge in [0.25, 0.3) is 5.56 Å². The summed E-state index contributed by atoms with van der Waals surface area (Å²) in [5, 5.41) is 3.64. The summed E-state index contributed by atoms with van der Waals surface area (Å²) < 4.78 is 59.2. The Morgan fingerprint density at radius 3 is 2.37 bits per heavy atom. The van der Waals surface area contributed by atoms with E-state index < -0.39 is 34.3 Å². The van der Waals surface area contributed by atoms with Gasteiger partial charge in [0.1, 0.15) is 11.4 Å². The molecule has 3 rings (SSSR count). The molecule has 0 N–H and O–H groups in total. The highest BCUT2D eigenvalue weighted by molar-refractivity contribution is 5.82. The molecule has 2 heterocycles. The lowest BCUT2D eigenvalue weighted by Crippen LogP contribution is -2.25. The number of hydrogen-bond donors (Lipinski definition) is 0. The summed E-state index contributed by atoms with van der Waals surface area (Å²) in [5.74, 6) is 0.194. The van der Waals surface area contributed by atoms with Gasteiger partial charge in [0, 0.05) is 12.7 Å². The molecule has 0 saturated carbocycles. The Kier molecular flexibility index (Phi) is 7.89. The third-order valence-corrected chi connectivity index (χ3v) is 5.03. The topological polar surface area (TPSA) is 84.6 Å². The highest BCUT2D eigenvalue weighted by Gasteiger charge is 2.36. The largest absolute Gasteiger partial charge is 0.497 e. The Bertz CT molecular complexity index is 1220. The zero-order valence-corrected chi connectivity index (χ0v) is 20.0. The van der Waals surface area contributed by atoms with E-state index in [1.54, 1.807) is 45.0 Å². The minimum absolute atomic E-state index is 0.00895. The second kappa shape index (κ2) is 10.5. The number of benzene rings is 1. The van der Waals surface area contributed by atoms with Gasteiger partial charge in [0.05, 0.1) is 56.0 Å². The highest BCUT2D eigenvalue weighted by Crippen LogP contribution is 2.34. The lowest BCUT2D eigenvalue weighted by atomic mass is 10.2. The molecule has 0 fully saturated rings. The average molecular weight is 495 g/mol. The standard InChI is InChI=1S/C24H28F3N3O5/c1-23(2,3)35-20(31)9-11-34-12-10-29-15-18(24(25,26)27)21-19(29)13-28-30(22(21)32)14-16-5-7-17(33-4)8-6-16/h5-8,13,15H,9-12,14H2,1-4H3. The SMILES string of the molecule is COc1ccc(Cn2ncc3c(c(C(F)(F)F)cn3CCOCCC(=O)OC(C)(C)C)c2=O)cc1. The molecule has 3 aromatic rings. The fraction of sp³-hybridized carbons (Fsp3) is 0.458. The maximum atomic E-state index is 13.7. The number of halogens is 3. The molecule has 0 unspecified atom stereocenters. The quantitative estimate of drug-likeness (QED) is 0.329. The summed E-state index contributed by atoms with van der Waals surface area (Å²) in [5.41, 5.74) is -1.73. The molecule has 0 spiro atoms. The molecule has 0 amide bonds. The van der Waals surface area contributed by atoms with Crippen molar-refractivity contribution in [1.29, 1.82) is 0 Å². The van der Waals surface area contributed by atoms with Gasteiger partial charge in [-0.25, -0.2) is 4.68 Å². The summed E-state index contributed by atoms with van der Waals surface area (Å²) >= 11 is 0. The van der Waals surface area contributed by atoms with E-state index in [1.165, 1.54) is 17.9 Å². The van der Waals surface area contributed by atoms with Crippen molar-refractivity contribution >= 4 is 16.9 Å². The van der Waals surface area contributed by atoms with Crippen LogP contribution in [0.4, 0.5) is 13.2 Å². The van der Waals surface area contributed by atoms with Gasteiger partial charge in [-0.05, 0) is 38.5 Å². The van der Waals surface area contributed by atoms with Gasteiger partial charge >= 0.3 is 12.1 Å². The van der Waals surface area contributed by atoms with Gasteiger partial charge in [-0.1, -0.05) is 12.1 Å². The van der Waals surface area contributed by atoms with Gasteiger partial charge in [-0.2, -0.15) is 18.3 Å². The third kappa shape index (κ3) is 6.84. The number of fused-ring (bicyclic) bond motifs is 1. The first-order chi connectivity index (χ1) is 16.4. The Labute approximate surface area is 200 Å². The van der Waals surface area contributed by atoms with Crippen LogP contribution in [-0.2, 0) is 33.5 Å². The molecular formula is C24H28F3N3O5. The molecule has 35 heavy (non-hydrogen) atoms. The fourth-order valence-electron chi connectivity index (χ4n) is 3.47. The molecule has 0 atom stereocenters. The summed E-state index contributed by atoms with van der Waals surface area (Å²) in [4.78, 5) is 24.7. The molecule has 1 aromatic carbocycles. The molecule has 190 valence electrons. The maximum absolute atomic E-state index is 13.7. The number of ether oxygens (including phenoxy) is 3. The van der Waals surface area contributed by atoms with Crippen LogP contribution in [0, 0.1) is 0 Å². The number of carbonyl (C=O) groups is 1. The highest BCUT2D eigenvalue weighted by atomic mass is 19.4. The van der Waals surface area contributed by atoms with E-state index in [0.717, 1.165) is 10.9 Å². The molecule has 0 aliphatic rings. The van der Waals surface area contributed by atoms with Crippen LogP contribution in [-0.4, -0.2) is 46.2 Å². The van der Waals surface area contributed by atoms with Crippen LogP contribution in [0.2, 0.25) is 0 Å². The van der Waals surface area contributed by atoms with Crippen molar-refractivity contribution in [2.45, 2.75) is 52.1 Å². The van der Waals surface area contributed by atoms with E-state index in [1.807, 2.05) is 0 Å². The van der Waals surface area contributed by atoms with E-state index in [2.05, 4.69) is 5.10 Å². The summed E-state index contributed by atoms with van der Waals surface area (Å²) in [7, 11) is 1.52. The van der Waals surface area contributed by atoms with Crippen LogP contribution in [0.25, 0.3) is 10.9 Å². The summed E-state index contributed by atoms with van der Waals surface area (Å²) in [6.45, 7) is 5.41. The molecule has 0 aliphatic heterocycles. The number of nitrogens with zero attached hydrogens (tertiary/aromatic N) is 3. The fourth-order valence-corrected chi connectivity index (χ4v) is 3.47. The van der Waals surface area contributed by atoms with E-state index in [9.17, 15) is 22.8 Å². The number of esters is 1. The summed E-state index contributed by atoms with van der Waals surface area (Å²) in [6, 6.07) is 6.81. The van der Waals surface area contributed by atoms with Crippen molar-refractivity contribution in [2.75, 3.05) is 20.3 Å². The van der Waals surface area contributed by atoms with E-state index in [4.69, 9.17) is 14.2 Å². The number of carbonyl (C=O) groups excluding carboxylic acids is 1. The first-order valence-electron chi connectivity index (χ1n) is 11.0. The lowest BCUT2D eigenvalue weighted by molar-refractivity contribution is -0.156. The zero-order valence-electron chi connectivity index (χ0n) is 20.0. The number of hydrogen-bond acceptors (Lipinski definition) is 6. The molecule has 2 aromatic heterocycles. The molecule has 11 heteroatoms. The van der Waals surface area contributed by atoms with Crippen LogP contribution < -0.4 is 10.3 Å². The second-order valence-electron chi connectivity index (χ2n) is 8.90. The Morgan fingerprint density at radius 2 is 1.77 bits per heavy atom. The Balaban J connectivity index is 1.76. The van der Waals surface area contributed by atoms with E-state index >= 15 is 0 Å². The minimum atomic E-state index is -4.72. The molecule has 0 bridgehead atoms. The molecule has 8 nitrogen and oxygen atoms in total. The van der Waals surface area contributed by atoms with Crippen molar-refractivity contribution in [1.82, 2.24) is 14.3 Å². The second-order valence-corrected chi connectivity index (χ2v) is 8.90. The third-order valence-electron chi connectivity index (χ3n) is 5.03. The lowest BCUT2D eigenvalue weighted by Gasteiger charge is -2.19. The first-order valence-corrected chi connectivity index (χ1v) is 11.0. The normalized spacial score (nSPS) is 12.2. The molecule has 0 radical (unpaired) electrons. The van der Waals surface area contributed by atoms with Crippen LogP contribution >= 0.6 is 0 Å². The Hall–Kier alpha value is -3.34. The first kappa shape index (κ1) is 26.3. The van der Waals surface area contributed by atoms with Gasteiger partial charge in [-0.3, -0.25) is 9.59 Å². The van der Waals surface area contributed by atoms with E-state index in [0.29, 0.717) is 11.3 Å². The predicted octanol–water partition coefficient (Wildman–Crippen LogP) is 4.02. The van der Waals surface area contributed by atoms with Crippen molar-refractivity contribution < 1.29 is 32.2 Å². The van der Waals surface area contributed by atoms with Gasteiger partial charge < -0.3 is 18.8 Å². The number of alkyl halides is 3. The number of rotatable bonds is 9. The van der Waals surface area contributed by atoms with Gasteiger partial charge in [0.15, 0.2) is 0 Å².